The van der Waals surface area contributed by atoms with E-state index in [4.69, 9.17) is 0 Å². The lowest BCUT2D eigenvalue weighted by Crippen LogP contribution is -2.29. The third-order valence-electron chi connectivity index (χ3n) is 5.24. The van der Waals surface area contributed by atoms with E-state index in [0.29, 0.717) is 22.3 Å². The van der Waals surface area contributed by atoms with Crippen molar-refractivity contribution in [1.82, 2.24) is 4.90 Å². The molecule has 0 radical (unpaired) electrons. The largest absolute Gasteiger partial charge is 0.322 e. The Morgan fingerprint density at radius 3 is 2.17 bits per heavy atom. The smallest absolute Gasteiger partial charge is 0.261 e. The molecular weight excluding hydrogens is 376 g/mol. The normalized spacial score (nSPS) is 13.0. The lowest BCUT2D eigenvalue weighted by atomic mass is 10.0. The number of hydrogen-bond donors (Lipinski definition) is 1. The van der Waals surface area contributed by atoms with Crippen molar-refractivity contribution in [2.45, 2.75) is 26.3 Å². The predicted molar refractivity (Wildman–Crippen MR) is 116 cm³/mol. The zero-order valence-corrected chi connectivity index (χ0v) is 16.9. The van der Waals surface area contributed by atoms with Gasteiger partial charge in [-0.3, -0.25) is 19.3 Å². The van der Waals surface area contributed by atoms with Gasteiger partial charge in [-0.1, -0.05) is 56.3 Å². The highest BCUT2D eigenvalue weighted by Gasteiger charge is 2.35. The van der Waals surface area contributed by atoms with Gasteiger partial charge in [-0.15, -0.1) is 0 Å². The minimum absolute atomic E-state index is 0.121. The molecule has 1 heterocycles. The van der Waals surface area contributed by atoms with Crippen molar-refractivity contribution in [2.75, 3.05) is 5.32 Å². The monoisotopic (exact) mass is 398 g/mol. The Morgan fingerprint density at radius 1 is 0.867 bits per heavy atom. The van der Waals surface area contributed by atoms with Crippen LogP contribution >= 0.6 is 0 Å². The number of carbonyl (C=O) groups is 3. The molecule has 3 aromatic carbocycles. The van der Waals surface area contributed by atoms with E-state index in [1.54, 1.807) is 42.5 Å². The number of nitrogens with zero attached hydrogens (tertiary/aromatic N) is 1. The number of para-hydroxylation sites is 1. The first kappa shape index (κ1) is 19.6. The fourth-order valence-corrected chi connectivity index (χ4v) is 3.69. The van der Waals surface area contributed by atoms with E-state index in [0.717, 1.165) is 11.3 Å². The lowest BCUT2D eigenvalue weighted by molar-refractivity contribution is 0.0642. The number of fused-ring (bicyclic) bond motifs is 1. The van der Waals surface area contributed by atoms with Crippen molar-refractivity contribution in [2.24, 2.45) is 0 Å². The molecular formula is C25H22N2O3. The molecule has 0 unspecified atom stereocenters. The minimum atomic E-state index is -0.309. The summed E-state index contributed by atoms with van der Waals surface area (Å²) in [6.07, 6.45) is 0. The van der Waals surface area contributed by atoms with Crippen LogP contribution in [0.2, 0.25) is 0 Å². The maximum Gasteiger partial charge on any atom is 0.261 e. The predicted octanol–water partition coefficient (Wildman–Crippen LogP) is 4.86. The molecule has 0 spiro atoms. The van der Waals surface area contributed by atoms with Gasteiger partial charge in [0.05, 0.1) is 17.7 Å². The molecule has 0 aliphatic carbocycles. The molecule has 150 valence electrons. The Labute approximate surface area is 175 Å². The fourth-order valence-electron chi connectivity index (χ4n) is 3.69. The van der Waals surface area contributed by atoms with Gasteiger partial charge in [0.15, 0.2) is 0 Å². The zero-order valence-electron chi connectivity index (χ0n) is 16.9. The van der Waals surface area contributed by atoms with Gasteiger partial charge in [-0.2, -0.15) is 0 Å². The summed E-state index contributed by atoms with van der Waals surface area (Å²) in [4.78, 5) is 39.2. The van der Waals surface area contributed by atoms with Crippen LogP contribution in [0.1, 0.15) is 62.0 Å². The second-order valence-electron chi connectivity index (χ2n) is 7.64. The summed E-state index contributed by atoms with van der Waals surface area (Å²) in [5, 5.41) is 2.97. The highest BCUT2D eigenvalue weighted by atomic mass is 16.2. The number of benzene rings is 3. The summed E-state index contributed by atoms with van der Waals surface area (Å²) in [5.41, 5.74) is 3.87. The SMILES string of the molecule is CC(C)c1ccccc1NC(=O)c1cccc(CN2C(=O)c3ccccc3C2=O)c1. The molecule has 5 heteroatoms. The topological polar surface area (TPSA) is 66.5 Å². The molecule has 4 rings (SSSR count). The van der Waals surface area contributed by atoms with E-state index < -0.39 is 0 Å². The van der Waals surface area contributed by atoms with Crippen molar-refractivity contribution in [3.05, 3.63) is 101 Å². The standard InChI is InChI=1S/C25H22N2O3/c1-16(2)19-10-5-6-13-22(19)26-23(28)18-9-7-8-17(14-18)15-27-24(29)20-11-3-4-12-21(20)25(27)30/h3-14,16H,15H2,1-2H3,(H,26,28). The Hall–Kier alpha value is -3.73. The van der Waals surface area contributed by atoms with Gasteiger partial charge in [0.25, 0.3) is 17.7 Å². The Morgan fingerprint density at radius 2 is 1.50 bits per heavy atom. The van der Waals surface area contributed by atoms with Gasteiger partial charge in [-0.25, -0.2) is 0 Å². The van der Waals surface area contributed by atoms with Crippen molar-refractivity contribution in [3.63, 3.8) is 0 Å². The summed E-state index contributed by atoms with van der Waals surface area (Å²) in [7, 11) is 0. The fraction of sp³-hybridized carbons (Fsp3) is 0.160. The molecule has 3 amide bonds. The molecule has 0 saturated carbocycles. The Bertz CT molecular complexity index is 1120. The van der Waals surface area contributed by atoms with Crippen molar-refractivity contribution >= 4 is 23.4 Å². The molecule has 1 aliphatic heterocycles. The van der Waals surface area contributed by atoms with Gasteiger partial charge in [0.2, 0.25) is 0 Å². The number of hydrogen-bond acceptors (Lipinski definition) is 3. The zero-order chi connectivity index (χ0) is 21.3. The van der Waals surface area contributed by atoms with Crippen LogP contribution in [-0.2, 0) is 6.54 Å². The number of carbonyl (C=O) groups excluding carboxylic acids is 3. The number of amides is 3. The van der Waals surface area contributed by atoms with E-state index in [-0.39, 0.29) is 30.2 Å². The number of anilines is 1. The van der Waals surface area contributed by atoms with E-state index in [9.17, 15) is 14.4 Å². The van der Waals surface area contributed by atoms with Gasteiger partial charge in [0.1, 0.15) is 0 Å². The first-order valence-electron chi connectivity index (χ1n) is 9.90. The summed E-state index contributed by atoms with van der Waals surface area (Å²) in [5.74, 6) is -0.568. The molecule has 0 bridgehead atoms. The van der Waals surface area contributed by atoms with E-state index >= 15 is 0 Å². The van der Waals surface area contributed by atoms with Crippen LogP contribution in [0.15, 0.2) is 72.8 Å². The molecule has 3 aromatic rings. The van der Waals surface area contributed by atoms with E-state index in [2.05, 4.69) is 19.2 Å². The van der Waals surface area contributed by atoms with Crippen LogP contribution in [0.3, 0.4) is 0 Å². The average Bonchev–Trinajstić information content (AvgIpc) is 2.99. The van der Waals surface area contributed by atoms with Gasteiger partial charge in [0, 0.05) is 11.3 Å². The maximum absolute atomic E-state index is 12.8. The lowest BCUT2D eigenvalue weighted by Gasteiger charge is -2.16. The average molecular weight is 398 g/mol. The van der Waals surface area contributed by atoms with E-state index in [1.165, 1.54) is 4.90 Å². The Kier molecular flexibility index (Phi) is 5.19. The van der Waals surface area contributed by atoms with Crippen LogP contribution in [-0.4, -0.2) is 22.6 Å². The highest BCUT2D eigenvalue weighted by molar-refractivity contribution is 6.21. The summed E-state index contributed by atoms with van der Waals surface area (Å²) < 4.78 is 0. The number of imide groups is 1. The molecule has 0 fully saturated rings. The van der Waals surface area contributed by atoms with Crippen LogP contribution < -0.4 is 5.32 Å². The summed E-state index contributed by atoms with van der Waals surface area (Å²) >= 11 is 0. The van der Waals surface area contributed by atoms with Gasteiger partial charge in [-0.05, 0) is 47.4 Å². The first-order valence-corrected chi connectivity index (χ1v) is 9.90. The van der Waals surface area contributed by atoms with Crippen LogP contribution in [0.5, 0.6) is 0 Å². The van der Waals surface area contributed by atoms with Crippen molar-refractivity contribution in [1.29, 1.82) is 0 Å². The second kappa shape index (κ2) is 7.95. The second-order valence-corrected chi connectivity index (χ2v) is 7.64. The van der Waals surface area contributed by atoms with Gasteiger partial charge < -0.3 is 5.32 Å². The van der Waals surface area contributed by atoms with Crippen molar-refractivity contribution < 1.29 is 14.4 Å². The Balaban J connectivity index is 1.53. The summed E-state index contributed by atoms with van der Waals surface area (Å²) in [6, 6.07) is 21.5. The van der Waals surface area contributed by atoms with Gasteiger partial charge >= 0.3 is 0 Å². The molecule has 1 N–H and O–H groups in total. The minimum Gasteiger partial charge on any atom is -0.322 e. The molecule has 5 nitrogen and oxygen atoms in total. The number of rotatable bonds is 5. The molecule has 0 aromatic heterocycles. The third-order valence-corrected chi connectivity index (χ3v) is 5.24. The number of nitrogens with one attached hydrogen (secondary N) is 1. The third kappa shape index (κ3) is 3.62. The first-order chi connectivity index (χ1) is 14.5. The molecule has 1 aliphatic rings. The molecule has 0 saturated heterocycles. The summed E-state index contributed by atoms with van der Waals surface area (Å²) in [6.45, 7) is 4.28. The van der Waals surface area contributed by atoms with Crippen LogP contribution in [0.4, 0.5) is 5.69 Å². The van der Waals surface area contributed by atoms with Crippen molar-refractivity contribution in [3.8, 4) is 0 Å². The van der Waals surface area contributed by atoms with Crippen LogP contribution in [0.25, 0.3) is 0 Å². The van der Waals surface area contributed by atoms with Crippen LogP contribution in [0, 0.1) is 0 Å². The quantitative estimate of drug-likeness (QED) is 0.624. The molecule has 0 atom stereocenters. The van der Waals surface area contributed by atoms with E-state index in [1.807, 2.05) is 30.3 Å². The maximum atomic E-state index is 12.8. The molecule has 30 heavy (non-hydrogen) atoms. The highest BCUT2D eigenvalue weighted by Crippen LogP contribution is 2.26.